The Morgan fingerprint density at radius 2 is 1.50 bits per heavy atom. The third kappa shape index (κ3) is 5.64. The van der Waals surface area contributed by atoms with E-state index in [0.29, 0.717) is 34.7 Å². The molecule has 2 heterocycles. The summed E-state index contributed by atoms with van der Waals surface area (Å²) in [4.78, 5) is 30.5. The lowest BCUT2D eigenvalue weighted by molar-refractivity contribution is -0.138. The van der Waals surface area contributed by atoms with Crippen LogP contribution in [0.2, 0.25) is 10.0 Å². The van der Waals surface area contributed by atoms with Crippen molar-refractivity contribution in [3.63, 3.8) is 0 Å². The Bertz CT molecular complexity index is 919. The minimum Gasteiger partial charge on any atom is -0.342 e. The van der Waals surface area contributed by atoms with Gasteiger partial charge in [-0.3, -0.25) is 14.5 Å². The van der Waals surface area contributed by atoms with Crippen LogP contribution in [0.1, 0.15) is 43.7 Å². The first-order valence-corrected chi connectivity index (χ1v) is 12.1. The van der Waals surface area contributed by atoms with E-state index in [4.69, 9.17) is 23.2 Å². The van der Waals surface area contributed by atoms with E-state index in [-0.39, 0.29) is 11.8 Å². The quantitative estimate of drug-likeness (QED) is 0.632. The van der Waals surface area contributed by atoms with Gasteiger partial charge in [0.2, 0.25) is 11.8 Å². The molecule has 2 aliphatic heterocycles. The van der Waals surface area contributed by atoms with Crippen LogP contribution < -0.4 is 5.32 Å². The highest BCUT2D eigenvalue weighted by molar-refractivity contribution is 6.35. The molecular weight excluding hydrogens is 445 g/mol. The van der Waals surface area contributed by atoms with Crippen molar-refractivity contribution in [2.24, 2.45) is 5.92 Å². The van der Waals surface area contributed by atoms with Crippen LogP contribution in [0.3, 0.4) is 0 Å². The van der Waals surface area contributed by atoms with Crippen molar-refractivity contribution < 1.29 is 9.59 Å². The molecule has 170 valence electrons. The summed E-state index contributed by atoms with van der Waals surface area (Å²) in [5, 5.41) is 3.93. The number of carbonyl (C=O) groups excluding carboxylic acids is 2. The molecule has 2 amide bonds. The number of hydrogen-bond donors (Lipinski definition) is 1. The standard InChI is InChI=1S/C25H29Cl2N3O2/c26-20-15-21(27)17-22(16-20)28-24(31)23(18-7-3-1-4-8-18)29-13-9-19(10-14-29)25(32)30-11-5-2-6-12-30/h1,3-4,7-8,15-17,19,23H,2,5-6,9-14H2,(H,28,31)/t23-/m1/s1. The van der Waals surface area contributed by atoms with Crippen LogP contribution in [0.15, 0.2) is 48.5 Å². The molecule has 0 aliphatic carbocycles. The van der Waals surface area contributed by atoms with E-state index >= 15 is 0 Å². The maximum Gasteiger partial charge on any atom is 0.246 e. The fourth-order valence-corrected chi connectivity index (χ4v) is 5.30. The molecule has 32 heavy (non-hydrogen) atoms. The van der Waals surface area contributed by atoms with Gasteiger partial charge in [0.25, 0.3) is 0 Å². The molecule has 5 nitrogen and oxygen atoms in total. The molecule has 2 aliphatic rings. The number of halogens is 2. The fraction of sp³-hybridized carbons (Fsp3) is 0.440. The molecule has 2 saturated heterocycles. The van der Waals surface area contributed by atoms with Gasteiger partial charge in [-0.2, -0.15) is 0 Å². The van der Waals surface area contributed by atoms with Gasteiger partial charge in [-0.25, -0.2) is 0 Å². The molecule has 4 rings (SSSR count). The van der Waals surface area contributed by atoms with Gasteiger partial charge in [-0.05, 0) is 69.0 Å². The van der Waals surface area contributed by atoms with Crippen molar-refractivity contribution in [3.05, 3.63) is 64.1 Å². The number of hydrogen-bond acceptors (Lipinski definition) is 3. The lowest BCUT2D eigenvalue weighted by Crippen LogP contribution is -2.47. The van der Waals surface area contributed by atoms with E-state index in [1.165, 1.54) is 6.42 Å². The third-order valence-electron chi connectivity index (χ3n) is 6.41. The number of piperidine rings is 2. The number of amides is 2. The second-order valence-corrected chi connectivity index (χ2v) is 9.53. The molecule has 7 heteroatoms. The molecule has 1 N–H and O–H groups in total. The van der Waals surface area contributed by atoms with Crippen LogP contribution >= 0.6 is 23.2 Å². The van der Waals surface area contributed by atoms with E-state index in [1.807, 2.05) is 35.2 Å². The number of carbonyl (C=O) groups is 2. The van der Waals surface area contributed by atoms with Crippen LogP contribution in [-0.4, -0.2) is 47.8 Å². The van der Waals surface area contributed by atoms with Gasteiger partial charge in [0, 0.05) is 34.7 Å². The monoisotopic (exact) mass is 473 g/mol. The highest BCUT2D eigenvalue weighted by Gasteiger charge is 2.34. The topological polar surface area (TPSA) is 52.7 Å². The fourth-order valence-electron chi connectivity index (χ4n) is 4.78. The van der Waals surface area contributed by atoms with Crippen molar-refractivity contribution in [1.29, 1.82) is 0 Å². The molecule has 0 unspecified atom stereocenters. The second-order valence-electron chi connectivity index (χ2n) is 8.66. The molecule has 2 fully saturated rings. The lowest BCUT2D eigenvalue weighted by Gasteiger charge is -2.38. The van der Waals surface area contributed by atoms with Gasteiger partial charge in [-0.1, -0.05) is 53.5 Å². The largest absolute Gasteiger partial charge is 0.342 e. The molecule has 1 atom stereocenters. The maximum absolute atomic E-state index is 13.4. The predicted molar refractivity (Wildman–Crippen MR) is 129 cm³/mol. The molecular formula is C25H29Cl2N3O2. The van der Waals surface area contributed by atoms with E-state index in [9.17, 15) is 9.59 Å². The summed E-state index contributed by atoms with van der Waals surface area (Å²) in [7, 11) is 0. The summed E-state index contributed by atoms with van der Waals surface area (Å²) in [6.07, 6.45) is 4.97. The van der Waals surface area contributed by atoms with Crippen molar-refractivity contribution in [2.75, 3.05) is 31.5 Å². The minimum absolute atomic E-state index is 0.0515. The average molecular weight is 474 g/mol. The zero-order valence-electron chi connectivity index (χ0n) is 18.1. The van der Waals surface area contributed by atoms with E-state index in [2.05, 4.69) is 10.2 Å². The van der Waals surface area contributed by atoms with Crippen molar-refractivity contribution in [1.82, 2.24) is 9.80 Å². The highest BCUT2D eigenvalue weighted by Crippen LogP contribution is 2.30. The van der Waals surface area contributed by atoms with Gasteiger partial charge in [0.05, 0.1) is 0 Å². The van der Waals surface area contributed by atoms with Gasteiger partial charge >= 0.3 is 0 Å². The molecule has 2 aromatic carbocycles. The Hall–Kier alpha value is -2.08. The van der Waals surface area contributed by atoms with E-state index in [0.717, 1.165) is 44.3 Å². The van der Waals surface area contributed by atoms with Crippen LogP contribution in [0.5, 0.6) is 0 Å². The highest BCUT2D eigenvalue weighted by atomic mass is 35.5. The molecule has 0 bridgehead atoms. The smallest absolute Gasteiger partial charge is 0.246 e. The SMILES string of the molecule is O=C(Nc1cc(Cl)cc(Cl)c1)[C@@H](c1ccccc1)N1CCC(C(=O)N2CCCCC2)CC1. The Kier molecular flexibility index (Phi) is 7.71. The predicted octanol–water partition coefficient (Wildman–Crippen LogP) is 5.40. The molecule has 0 aromatic heterocycles. The lowest BCUT2D eigenvalue weighted by atomic mass is 9.92. The Morgan fingerprint density at radius 3 is 2.12 bits per heavy atom. The van der Waals surface area contributed by atoms with Gasteiger partial charge in [-0.15, -0.1) is 0 Å². The first kappa shape index (κ1) is 23.1. The molecule has 0 spiro atoms. The van der Waals surface area contributed by atoms with Gasteiger partial charge < -0.3 is 10.2 Å². The summed E-state index contributed by atoms with van der Waals surface area (Å²) in [6.45, 7) is 3.17. The van der Waals surface area contributed by atoms with E-state index < -0.39 is 6.04 Å². The van der Waals surface area contributed by atoms with Crippen LogP contribution in [0.4, 0.5) is 5.69 Å². The van der Waals surface area contributed by atoms with Crippen molar-refractivity contribution in [3.8, 4) is 0 Å². The number of nitrogens with one attached hydrogen (secondary N) is 1. The Balaban J connectivity index is 1.46. The second kappa shape index (κ2) is 10.7. The van der Waals surface area contributed by atoms with Crippen LogP contribution in [0, 0.1) is 5.92 Å². The molecule has 0 radical (unpaired) electrons. The normalized spacial score (nSPS) is 18.9. The maximum atomic E-state index is 13.4. The summed E-state index contributed by atoms with van der Waals surface area (Å²) in [5.41, 5.74) is 1.50. The van der Waals surface area contributed by atoms with Gasteiger partial charge in [0.15, 0.2) is 0 Å². The van der Waals surface area contributed by atoms with E-state index in [1.54, 1.807) is 18.2 Å². The zero-order chi connectivity index (χ0) is 22.5. The number of nitrogens with zero attached hydrogens (tertiary/aromatic N) is 2. The number of benzene rings is 2. The number of likely N-dealkylation sites (tertiary alicyclic amines) is 2. The van der Waals surface area contributed by atoms with Gasteiger partial charge in [0.1, 0.15) is 6.04 Å². The Labute approximate surface area is 199 Å². The molecule has 2 aromatic rings. The summed E-state index contributed by atoms with van der Waals surface area (Å²) >= 11 is 12.2. The molecule has 0 saturated carbocycles. The third-order valence-corrected chi connectivity index (χ3v) is 6.84. The number of rotatable bonds is 5. The zero-order valence-corrected chi connectivity index (χ0v) is 19.6. The average Bonchev–Trinajstić information content (AvgIpc) is 2.80. The minimum atomic E-state index is -0.444. The first-order valence-electron chi connectivity index (χ1n) is 11.4. The van der Waals surface area contributed by atoms with Crippen LogP contribution in [0.25, 0.3) is 0 Å². The number of anilines is 1. The summed E-state index contributed by atoms with van der Waals surface area (Å²) < 4.78 is 0. The first-order chi connectivity index (χ1) is 15.5. The van der Waals surface area contributed by atoms with Crippen molar-refractivity contribution >= 4 is 40.7 Å². The summed E-state index contributed by atoms with van der Waals surface area (Å²) in [6, 6.07) is 14.3. The Morgan fingerprint density at radius 1 is 0.875 bits per heavy atom. The van der Waals surface area contributed by atoms with Crippen molar-refractivity contribution in [2.45, 2.75) is 38.1 Å². The van der Waals surface area contributed by atoms with Crippen LogP contribution in [-0.2, 0) is 9.59 Å². The summed E-state index contributed by atoms with van der Waals surface area (Å²) in [5.74, 6) is 0.213.